The molecule has 0 aromatic carbocycles. The van der Waals surface area contributed by atoms with Crippen molar-refractivity contribution >= 4 is 17.1 Å². The molecule has 130 valence electrons. The average Bonchev–Trinajstić information content (AvgIpc) is 2.92. The summed E-state index contributed by atoms with van der Waals surface area (Å²) in [5, 5.41) is 9.12. The van der Waals surface area contributed by atoms with E-state index in [0.717, 1.165) is 17.5 Å². The van der Waals surface area contributed by atoms with E-state index in [2.05, 4.69) is 12.1 Å². The molecule has 3 rings (SSSR count). The summed E-state index contributed by atoms with van der Waals surface area (Å²) in [4.78, 5) is 12.2. The Morgan fingerprint density at radius 1 is 1.40 bits per heavy atom. The lowest BCUT2D eigenvalue weighted by Gasteiger charge is -2.28. The van der Waals surface area contributed by atoms with Crippen LogP contribution in [0.4, 0.5) is 0 Å². The molecule has 25 heavy (non-hydrogen) atoms. The number of nitrogens with zero attached hydrogens (tertiary/aromatic N) is 2. The third-order valence-corrected chi connectivity index (χ3v) is 4.37. The summed E-state index contributed by atoms with van der Waals surface area (Å²) < 4.78 is 12.8. The Hall–Kier alpha value is -2.58. The molecule has 3 heterocycles. The van der Waals surface area contributed by atoms with Gasteiger partial charge < -0.3 is 13.9 Å². The minimum Gasteiger partial charge on any atom is -0.462 e. The normalized spacial score (nSPS) is 16.3. The van der Waals surface area contributed by atoms with E-state index in [9.17, 15) is 4.79 Å². The monoisotopic (exact) mass is 338 g/mol. The van der Waals surface area contributed by atoms with E-state index in [0.29, 0.717) is 24.3 Å². The van der Waals surface area contributed by atoms with Gasteiger partial charge in [-0.3, -0.25) is 0 Å². The highest BCUT2D eigenvalue weighted by atomic mass is 16.5. The molecule has 0 fully saturated rings. The standard InChI is InChI=1S/C20H22N2O3/c1-4-24-19(23)17-13-22-12-15(5-6-18(22)16(17)7-9-21)14-8-10-25-20(2,3)11-14/h5-6,11-13H,4,7-8,10H2,1-3H3. The van der Waals surface area contributed by atoms with Gasteiger partial charge >= 0.3 is 5.97 Å². The highest BCUT2D eigenvalue weighted by molar-refractivity contribution is 5.94. The molecule has 0 bridgehead atoms. The number of nitriles is 1. The summed E-state index contributed by atoms with van der Waals surface area (Å²) in [6.45, 7) is 6.87. The molecule has 0 atom stereocenters. The summed E-state index contributed by atoms with van der Waals surface area (Å²) in [6.07, 6.45) is 6.93. The molecule has 0 aliphatic carbocycles. The van der Waals surface area contributed by atoms with Crippen molar-refractivity contribution in [1.29, 1.82) is 5.26 Å². The first kappa shape index (κ1) is 17.2. The number of rotatable bonds is 4. The Labute approximate surface area is 147 Å². The summed E-state index contributed by atoms with van der Waals surface area (Å²) >= 11 is 0. The van der Waals surface area contributed by atoms with Gasteiger partial charge in [0.2, 0.25) is 0 Å². The lowest BCUT2D eigenvalue weighted by molar-refractivity contribution is 0.0165. The maximum absolute atomic E-state index is 12.2. The predicted molar refractivity (Wildman–Crippen MR) is 95.3 cm³/mol. The van der Waals surface area contributed by atoms with Crippen molar-refractivity contribution in [3.8, 4) is 6.07 Å². The topological polar surface area (TPSA) is 63.7 Å². The second kappa shape index (κ2) is 6.73. The van der Waals surface area contributed by atoms with Gasteiger partial charge in [0.25, 0.3) is 0 Å². The fraction of sp³-hybridized carbons (Fsp3) is 0.400. The van der Waals surface area contributed by atoms with Gasteiger partial charge in [-0.05, 0) is 50.5 Å². The Morgan fingerprint density at radius 3 is 2.88 bits per heavy atom. The number of esters is 1. The van der Waals surface area contributed by atoms with E-state index in [1.807, 2.05) is 36.6 Å². The Kier molecular flexibility index (Phi) is 4.65. The van der Waals surface area contributed by atoms with Crippen molar-refractivity contribution in [1.82, 2.24) is 4.40 Å². The molecule has 2 aromatic heterocycles. The van der Waals surface area contributed by atoms with Crippen molar-refractivity contribution < 1.29 is 14.3 Å². The largest absolute Gasteiger partial charge is 0.462 e. The zero-order valence-corrected chi connectivity index (χ0v) is 14.8. The maximum Gasteiger partial charge on any atom is 0.340 e. The van der Waals surface area contributed by atoms with Gasteiger partial charge in [0.15, 0.2) is 0 Å². The number of fused-ring (bicyclic) bond motifs is 1. The molecule has 0 saturated heterocycles. The molecule has 0 radical (unpaired) electrons. The zero-order chi connectivity index (χ0) is 18.0. The molecular weight excluding hydrogens is 316 g/mol. The second-order valence-corrected chi connectivity index (χ2v) is 6.66. The number of hydrogen-bond acceptors (Lipinski definition) is 4. The molecule has 0 unspecified atom stereocenters. The van der Waals surface area contributed by atoms with Gasteiger partial charge in [-0.25, -0.2) is 4.79 Å². The van der Waals surface area contributed by atoms with Crippen LogP contribution in [0.2, 0.25) is 0 Å². The molecule has 5 nitrogen and oxygen atoms in total. The van der Waals surface area contributed by atoms with Crippen LogP contribution in [0.5, 0.6) is 0 Å². The summed E-state index contributed by atoms with van der Waals surface area (Å²) in [7, 11) is 0. The molecule has 5 heteroatoms. The minimum atomic E-state index is -0.385. The van der Waals surface area contributed by atoms with E-state index in [-0.39, 0.29) is 18.0 Å². The fourth-order valence-corrected chi connectivity index (χ4v) is 3.26. The lowest BCUT2D eigenvalue weighted by atomic mass is 9.95. The van der Waals surface area contributed by atoms with Crippen LogP contribution in [0.3, 0.4) is 0 Å². The average molecular weight is 338 g/mol. The van der Waals surface area contributed by atoms with Crippen molar-refractivity contribution in [3.05, 3.63) is 47.3 Å². The maximum atomic E-state index is 12.2. The van der Waals surface area contributed by atoms with E-state index in [1.54, 1.807) is 13.1 Å². The van der Waals surface area contributed by atoms with Crippen molar-refractivity contribution in [3.63, 3.8) is 0 Å². The van der Waals surface area contributed by atoms with Crippen molar-refractivity contribution in [2.24, 2.45) is 0 Å². The van der Waals surface area contributed by atoms with Crippen LogP contribution in [0.15, 0.2) is 30.6 Å². The van der Waals surface area contributed by atoms with Crippen LogP contribution in [0, 0.1) is 11.3 Å². The molecule has 0 spiro atoms. The second-order valence-electron chi connectivity index (χ2n) is 6.66. The van der Waals surface area contributed by atoms with Gasteiger partial charge in [0.1, 0.15) is 0 Å². The third-order valence-electron chi connectivity index (χ3n) is 4.37. The third kappa shape index (κ3) is 3.45. The van der Waals surface area contributed by atoms with Gasteiger partial charge in [-0.1, -0.05) is 6.07 Å². The Balaban J connectivity index is 2.08. The van der Waals surface area contributed by atoms with Gasteiger partial charge in [-0.15, -0.1) is 0 Å². The van der Waals surface area contributed by atoms with Crippen LogP contribution >= 0.6 is 0 Å². The van der Waals surface area contributed by atoms with Crippen LogP contribution in [-0.2, 0) is 15.9 Å². The number of hydrogen-bond donors (Lipinski definition) is 0. The van der Waals surface area contributed by atoms with Gasteiger partial charge in [0, 0.05) is 18.0 Å². The first-order chi connectivity index (χ1) is 11.9. The number of carbonyl (C=O) groups is 1. The lowest BCUT2D eigenvalue weighted by Crippen LogP contribution is -2.26. The number of carbonyl (C=O) groups excluding carboxylic acids is 1. The van der Waals surface area contributed by atoms with E-state index in [4.69, 9.17) is 14.7 Å². The minimum absolute atomic E-state index is 0.174. The molecule has 1 aliphatic rings. The summed E-state index contributed by atoms with van der Waals surface area (Å²) in [6, 6.07) is 6.15. The number of pyridine rings is 1. The smallest absolute Gasteiger partial charge is 0.340 e. The Bertz CT molecular complexity index is 884. The summed E-state index contributed by atoms with van der Waals surface area (Å²) in [5.41, 5.74) is 4.08. The molecule has 0 saturated carbocycles. The van der Waals surface area contributed by atoms with E-state index < -0.39 is 0 Å². The first-order valence-electron chi connectivity index (χ1n) is 8.49. The predicted octanol–water partition coefficient (Wildman–Crippen LogP) is 3.76. The van der Waals surface area contributed by atoms with Crippen molar-refractivity contribution in [2.45, 2.75) is 39.2 Å². The van der Waals surface area contributed by atoms with Gasteiger partial charge in [-0.2, -0.15) is 5.26 Å². The SMILES string of the molecule is CCOC(=O)c1cn2cc(C3=CC(C)(C)OCC3)ccc2c1CC#N. The van der Waals surface area contributed by atoms with Crippen LogP contribution in [-0.4, -0.2) is 29.2 Å². The number of ether oxygens (including phenoxy) is 2. The molecular formula is C20H22N2O3. The summed E-state index contributed by atoms with van der Waals surface area (Å²) in [5.74, 6) is -0.385. The van der Waals surface area contributed by atoms with Crippen LogP contribution in [0.1, 0.15) is 48.7 Å². The quantitative estimate of drug-likeness (QED) is 0.796. The van der Waals surface area contributed by atoms with Crippen molar-refractivity contribution in [2.75, 3.05) is 13.2 Å². The van der Waals surface area contributed by atoms with E-state index in [1.165, 1.54) is 5.57 Å². The number of aromatic nitrogens is 1. The first-order valence-corrected chi connectivity index (χ1v) is 8.49. The molecule has 2 aromatic rings. The van der Waals surface area contributed by atoms with E-state index >= 15 is 0 Å². The van der Waals surface area contributed by atoms with Crippen LogP contribution < -0.4 is 0 Å². The highest BCUT2D eigenvalue weighted by Crippen LogP contribution is 2.30. The highest BCUT2D eigenvalue weighted by Gasteiger charge is 2.23. The van der Waals surface area contributed by atoms with Gasteiger partial charge in [0.05, 0.1) is 42.4 Å². The van der Waals surface area contributed by atoms with Crippen LogP contribution in [0.25, 0.3) is 11.1 Å². The molecule has 0 amide bonds. The Morgan fingerprint density at radius 2 is 2.20 bits per heavy atom. The zero-order valence-electron chi connectivity index (χ0n) is 14.8. The fourth-order valence-electron chi connectivity index (χ4n) is 3.26. The molecule has 1 aliphatic heterocycles. The molecule has 0 N–H and O–H groups in total.